The van der Waals surface area contributed by atoms with Crippen molar-refractivity contribution in [2.24, 2.45) is 5.92 Å². The van der Waals surface area contributed by atoms with Crippen molar-refractivity contribution in [1.82, 2.24) is 15.5 Å². The first-order valence-corrected chi connectivity index (χ1v) is 8.05. The first-order valence-electron chi connectivity index (χ1n) is 8.05. The fraction of sp³-hybridized carbons (Fsp3) is 0.867. The number of hydrogen-bond acceptors (Lipinski definition) is 3. The van der Waals surface area contributed by atoms with Crippen LogP contribution in [0.15, 0.2) is 0 Å². The van der Waals surface area contributed by atoms with E-state index in [4.69, 9.17) is 0 Å². The van der Waals surface area contributed by atoms with Crippen LogP contribution in [0.5, 0.6) is 0 Å². The molecule has 0 aromatic carbocycles. The molecule has 0 aromatic rings. The maximum absolute atomic E-state index is 12.0. The molecule has 2 saturated heterocycles. The lowest BCUT2D eigenvalue weighted by atomic mass is 9.97. The van der Waals surface area contributed by atoms with Crippen molar-refractivity contribution in [2.75, 3.05) is 13.1 Å². The van der Waals surface area contributed by atoms with Gasteiger partial charge in [-0.15, -0.1) is 0 Å². The molecule has 3 N–H and O–H groups in total. The summed E-state index contributed by atoms with van der Waals surface area (Å²) >= 11 is 0. The zero-order chi connectivity index (χ0) is 15.4. The summed E-state index contributed by atoms with van der Waals surface area (Å²) < 4.78 is 0. The third-order valence-corrected chi connectivity index (χ3v) is 4.92. The van der Waals surface area contributed by atoms with E-state index in [9.17, 15) is 14.7 Å². The summed E-state index contributed by atoms with van der Waals surface area (Å²) in [4.78, 5) is 25.8. The highest BCUT2D eigenvalue weighted by molar-refractivity contribution is 5.82. The van der Waals surface area contributed by atoms with E-state index in [1.54, 1.807) is 0 Å². The van der Waals surface area contributed by atoms with Gasteiger partial charge in [0, 0.05) is 18.6 Å². The number of urea groups is 1. The van der Waals surface area contributed by atoms with Crippen LogP contribution < -0.4 is 10.6 Å². The molecule has 6 heteroatoms. The Morgan fingerprint density at radius 3 is 2.76 bits per heavy atom. The summed E-state index contributed by atoms with van der Waals surface area (Å²) in [6, 6.07) is -0.412. The molecule has 2 aliphatic heterocycles. The lowest BCUT2D eigenvalue weighted by molar-refractivity contribution is -0.140. The summed E-state index contributed by atoms with van der Waals surface area (Å²) in [7, 11) is 0. The van der Waals surface area contributed by atoms with Crippen molar-refractivity contribution in [3.63, 3.8) is 0 Å². The minimum Gasteiger partial charge on any atom is -0.480 e. The Balaban J connectivity index is 1.82. The summed E-state index contributed by atoms with van der Waals surface area (Å²) in [6.07, 6.45) is 5.11. The van der Waals surface area contributed by atoms with Gasteiger partial charge in [0.25, 0.3) is 0 Å². The minimum absolute atomic E-state index is 0.0788. The van der Waals surface area contributed by atoms with Gasteiger partial charge in [-0.3, -0.25) is 0 Å². The van der Waals surface area contributed by atoms with Gasteiger partial charge < -0.3 is 20.6 Å². The molecule has 2 rings (SSSR count). The number of fused-ring (bicyclic) bond motifs is 1. The molecule has 120 valence electrons. The number of nitrogens with zero attached hydrogens (tertiary/aromatic N) is 1. The number of aliphatic carboxylic acids is 1. The van der Waals surface area contributed by atoms with E-state index in [0.717, 1.165) is 25.8 Å². The molecule has 2 aliphatic rings. The van der Waals surface area contributed by atoms with Gasteiger partial charge in [-0.05, 0) is 38.1 Å². The molecule has 0 spiro atoms. The average molecular weight is 297 g/mol. The molecule has 0 radical (unpaired) electrons. The maximum atomic E-state index is 12.0. The lowest BCUT2D eigenvalue weighted by Crippen LogP contribution is -2.54. The summed E-state index contributed by atoms with van der Waals surface area (Å²) in [5, 5.41) is 14.8. The number of carboxylic acids is 1. The Hall–Kier alpha value is -1.30. The smallest absolute Gasteiger partial charge is 0.326 e. The fourth-order valence-electron chi connectivity index (χ4n) is 3.41. The number of carbonyl (C=O) groups excluding carboxylic acids is 1. The number of nitrogens with one attached hydrogen (secondary N) is 2. The van der Waals surface area contributed by atoms with Gasteiger partial charge in [-0.25, -0.2) is 9.59 Å². The van der Waals surface area contributed by atoms with Crippen LogP contribution in [0.1, 0.15) is 46.0 Å². The van der Waals surface area contributed by atoms with Crippen LogP contribution in [0.2, 0.25) is 0 Å². The van der Waals surface area contributed by atoms with E-state index in [0.29, 0.717) is 6.04 Å². The normalized spacial score (nSPS) is 28.5. The van der Waals surface area contributed by atoms with Gasteiger partial charge >= 0.3 is 12.0 Å². The molecule has 4 unspecified atom stereocenters. The first-order chi connectivity index (χ1) is 10.0. The van der Waals surface area contributed by atoms with Crippen LogP contribution in [0, 0.1) is 5.92 Å². The first kappa shape index (κ1) is 16.1. The second kappa shape index (κ2) is 7.11. The molecular formula is C15H27N3O3. The molecule has 0 aromatic heterocycles. The Morgan fingerprint density at radius 1 is 1.33 bits per heavy atom. The van der Waals surface area contributed by atoms with Gasteiger partial charge in [-0.2, -0.15) is 0 Å². The maximum Gasteiger partial charge on any atom is 0.326 e. The van der Waals surface area contributed by atoms with E-state index in [1.165, 1.54) is 19.4 Å². The molecule has 0 aliphatic carbocycles. The van der Waals surface area contributed by atoms with Crippen LogP contribution in [-0.2, 0) is 4.79 Å². The van der Waals surface area contributed by atoms with Crippen LogP contribution in [0.25, 0.3) is 0 Å². The molecular weight excluding hydrogens is 270 g/mol. The van der Waals surface area contributed by atoms with Gasteiger partial charge in [0.1, 0.15) is 6.04 Å². The Labute approximate surface area is 126 Å². The predicted molar refractivity (Wildman–Crippen MR) is 80.2 cm³/mol. The zero-order valence-electron chi connectivity index (χ0n) is 13.0. The van der Waals surface area contributed by atoms with Crippen molar-refractivity contribution in [3.8, 4) is 0 Å². The molecule has 2 heterocycles. The molecule has 21 heavy (non-hydrogen) atoms. The molecule has 2 fully saturated rings. The van der Waals surface area contributed by atoms with Crippen molar-refractivity contribution in [3.05, 3.63) is 0 Å². The van der Waals surface area contributed by atoms with Gasteiger partial charge in [0.05, 0.1) is 0 Å². The number of piperidine rings is 1. The van der Waals surface area contributed by atoms with Crippen LogP contribution >= 0.6 is 0 Å². The van der Waals surface area contributed by atoms with E-state index in [-0.39, 0.29) is 18.0 Å². The van der Waals surface area contributed by atoms with Crippen LogP contribution in [0.3, 0.4) is 0 Å². The Kier molecular flexibility index (Phi) is 5.45. The topological polar surface area (TPSA) is 81.7 Å². The third kappa shape index (κ3) is 4.09. The van der Waals surface area contributed by atoms with E-state index in [1.807, 2.05) is 13.8 Å². The number of amides is 2. The van der Waals surface area contributed by atoms with E-state index < -0.39 is 12.0 Å². The lowest BCUT2D eigenvalue weighted by Gasteiger charge is -2.35. The van der Waals surface area contributed by atoms with Crippen molar-refractivity contribution in [2.45, 2.75) is 64.1 Å². The fourth-order valence-corrected chi connectivity index (χ4v) is 3.41. The average Bonchev–Trinajstić information content (AvgIpc) is 2.91. The SMILES string of the molecule is CCC(C)C(NC(=O)NC1CCN2CCCC2C1)C(=O)O. The van der Waals surface area contributed by atoms with Crippen molar-refractivity contribution in [1.29, 1.82) is 0 Å². The van der Waals surface area contributed by atoms with Gasteiger partial charge in [-0.1, -0.05) is 20.3 Å². The Morgan fingerprint density at radius 2 is 2.10 bits per heavy atom. The number of carbonyl (C=O) groups is 2. The highest BCUT2D eigenvalue weighted by Crippen LogP contribution is 2.26. The highest BCUT2D eigenvalue weighted by Gasteiger charge is 2.33. The monoisotopic (exact) mass is 297 g/mol. The number of hydrogen-bond donors (Lipinski definition) is 3. The van der Waals surface area contributed by atoms with Crippen LogP contribution in [-0.4, -0.2) is 53.2 Å². The summed E-state index contributed by atoms with van der Waals surface area (Å²) in [5.41, 5.74) is 0. The van der Waals surface area contributed by atoms with Crippen molar-refractivity contribution >= 4 is 12.0 Å². The number of carboxylic acid groups (broad SMARTS) is 1. The molecule has 2 amide bonds. The second-order valence-corrected chi connectivity index (χ2v) is 6.37. The molecule has 4 atom stereocenters. The zero-order valence-corrected chi connectivity index (χ0v) is 13.0. The standard InChI is InChI=1S/C15H27N3O3/c1-3-10(2)13(14(19)20)17-15(21)16-11-6-8-18-7-4-5-12(18)9-11/h10-13H,3-9H2,1-2H3,(H,19,20)(H2,16,17,21). The largest absolute Gasteiger partial charge is 0.480 e. The van der Waals surface area contributed by atoms with Crippen LogP contribution in [0.4, 0.5) is 4.79 Å². The van der Waals surface area contributed by atoms with Gasteiger partial charge in [0.2, 0.25) is 0 Å². The highest BCUT2D eigenvalue weighted by atomic mass is 16.4. The number of rotatable bonds is 5. The second-order valence-electron chi connectivity index (χ2n) is 6.37. The van der Waals surface area contributed by atoms with Gasteiger partial charge in [0.15, 0.2) is 0 Å². The van der Waals surface area contributed by atoms with E-state index in [2.05, 4.69) is 15.5 Å². The quantitative estimate of drug-likeness (QED) is 0.716. The summed E-state index contributed by atoms with van der Waals surface area (Å²) in [6.45, 7) is 5.98. The molecule has 6 nitrogen and oxygen atoms in total. The van der Waals surface area contributed by atoms with E-state index >= 15 is 0 Å². The molecule has 0 saturated carbocycles. The summed E-state index contributed by atoms with van der Waals surface area (Å²) in [5.74, 6) is -1.05. The Bertz CT molecular complexity index is 388. The van der Waals surface area contributed by atoms with Crippen molar-refractivity contribution < 1.29 is 14.7 Å². The third-order valence-electron chi connectivity index (χ3n) is 4.92. The predicted octanol–water partition coefficient (Wildman–Crippen LogP) is 1.41. The molecule has 0 bridgehead atoms. The minimum atomic E-state index is -0.967.